The van der Waals surface area contributed by atoms with Gasteiger partial charge in [-0.25, -0.2) is 9.97 Å². The number of nitrogens with zero attached hydrogens (tertiary/aromatic N) is 4. The van der Waals surface area contributed by atoms with Crippen LogP contribution in [-0.4, -0.2) is 31.1 Å². The fourth-order valence-electron chi connectivity index (χ4n) is 1.77. The summed E-state index contributed by atoms with van der Waals surface area (Å²) in [7, 11) is 0. The predicted molar refractivity (Wildman–Crippen MR) is 77.6 cm³/mol. The summed E-state index contributed by atoms with van der Waals surface area (Å²) >= 11 is 1.33. The summed E-state index contributed by atoms with van der Waals surface area (Å²) < 4.78 is 0. The molecule has 0 atom stereocenters. The molecule has 0 radical (unpaired) electrons. The number of nitrogens with one attached hydrogen (secondary N) is 2. The summed E-state index contributed by atoms with van der Waals surface area (Å²) in [5.41, 5.74) is 1.45. The van der Waals surface area contributed by atoms with Gasteiger partial charge in [-0.3, -0.25) is 14.9 Å². The highest BCUT2D eigenvalue weighted by atomic mass is 32.1. The third kappa shape index (κ3) is 2.95. The first-order valence-electron chi connectivity index (χ1n) is 6.25. The second-order valence-corrected chi connectivity index (χ2v) is 5.26. The maximum absolute atomic E-state index is 12.2. The molecule has 3 heterocycles. The Morgan fingerprint density at radius 3 is 3.00 bits per heavy atom. The Hall–Kier alpha value is -2.61. The van der Waals surface area contributed by atoms with E-state index in [4.69, 9.17) is 0 Å². The number of H-pyrrole nitrogens is 1. The van der Waals surface area contributed by atoms with Gasteiger partial charge in [0.1, 0.15) is 22.0 Å². The zero-order valence-corrected chi connectivity index (χ0v) is 12.0. The zero-order valence-electron chi connectivity index (χ0n) is 11.2. The van der Waals surface area contributed by atoms with E-state index < -0.39 is 0 Å². The maximum atomic E-state index is 12.2. The van der Waals surface area contributed by atoms with E-state index in [1.54, 1.807) is 6.20 Å². The first-order valence-corrected chi connectivity index (χ1v) is 7.07. The standard InChI is InChI=1S/C13H12N6OS/c1-8-11(12(20)15-6-10-16-7-17-19-10)21-13(18-8)9-4-2-3-5-14-9/h2-5,7H,6H2,1H3,(H,15,20)(H,16,17,19). The molecule has 0 spiro atoms. The number of aryl methyl sites for hydroxylation is 1. The number of carbonyl (C=O) groups excluding carboxylic acids is 1. The number of aromatic nitrogens is 5. The van der Waals surface area contributed by atoms with Crippen LogP contribution in [0.25, 0.3) is 10.7 Å². The van der Waals surface area contributed by atoms with Crippen LogP contribution in [0.5, 0.6) is 0 Å². The first kappa shape index (κ1) is 13.4. The molecule has 3 aromatic heterocycles. The van der Waals surface area contributed by atoms with Gasteiger partial charge >= 0.3 is 0 Å². The van der Waals surface area contributed by atoms with E-state index >= 15 is 0 Å². The van der Waals surface area contributed by atoms with E-state index in [-0.39, 0.29) is 5.91 Å². The van der Waals surface area contributed by atoms with Crippen LogP contribution in [0.1, 0.15) is 21.2 Å². The molecule has 0 saturated heterocycles. The Bertz CT molecular complexity index is 737. The highest BCUT2D eigenvalue weighted by Crippen LogP contribution is 2.26. The van der Waals surface area contributed by atoms with Crippen LogP contribution in [-0.2, 0) is 6.54 Å². The molecule has 0 aliphatic carbocycles. The van der Waals surface area contributed by atoms with Crippen LogP contribution in [0.3, 0.4) is 0 Å². The number of pyridine rings is 1. The van der Waals surface area contributed by atoms with E-state index in [2.05, 4.69) is 30.5 Å². The smallest absolute Gasteiger partial charge is 0.263 e. The zero-order chi connectivity index (χ0) is 14.7. The van der Waals surface area contributed by atoms with Gasteiger partial charge in [-0.05, 0) is 19.1 Å². The van der Waals surface area contributed by atoms with Gasteiger partial charge < -0.3 is 5.32 Å². The molecule has 0 saturated carbocycles. The van der Waals surface area contributed by atoms with Gasteiger partial charge in [-0.1, -0.05) is 6.07 Å². The molecule has 1 amide bonds. The Labute approximate surface area is 124 Å². The Morgan fingerprint density at radius 1 is 1.38 bits per heavy atom. The molecule has 3 aromatic rings. The van der Waals surface area contributed by atoms with Crippen LogP contribution in [0.2, 0.25) is 0 Å². The maximum Gasteiger partial charge on any atom is 0.263 e. The highest BCUT2D eigenvalue weighted by molar-refractivity contribution is 7.17. The van der Waals surface area contributed by atoms with Crippen LogP contribution >= 0.6 is 11.3 Å². The van der Waals surface area contributed by atoms with Gasteiger partial charge in [-0.2, -0.15) is 5.10 Å². The molecule has 7 nitrogen and oxygen atoms in total. The van der Waals surface area contributed by atoms with Crippen molar-refractivity contribution in [1.29, 1.82) is 0 Å². The van der Waals surface area contributed by atoms with E-state index in [1.807, 2.05) is 25.1 Å². The number of hydrogen-bond donors (Lipinski definition) is 2. The lowest BCUT2D eigenvalue weighted by molar-refractivity contribution is 0.0953. The average molecular weight is 300 g/mol. The summed E-state index contributed by atoms with van der Waals surface area (Å²) in [4.78, 5) is 25.4. The van der Waals surface area contributed by atoms with Gasteiger partial charge in [0, 0.05) is 6.20 Å². The molecule has 0 fully saturated rings. The van der Waals surface area contributed by atoms with E-state index in [1.165, 1.54) is 17.7 Å². The lowest BCUT2D eigenvalue weighted by atomic mass is 10.3. The Balaban J connectivity index is 1.76. The molecule has 0 aliphatic heterocycles. The van der Waals surface area contributed by atoms with Crippen molar-refractivity contribution in [3.63, 3.8) is 0 Å². The number of thiazole rings is 1. The molecule has 2 N–H and O–H groups in total. The first-order chi connectivity index (χ1) is 10.2. The Kier molecular flexibility index (Phi) is 3.69. The molecule has 0 bridgehead atoms. The number of carbonyl (C=O) groups is 1. The monoisotopic (exact) mass is 300 g/mol. The normalized spacial score (nSPS) is 10.5. The van der Waals surface area contributed by atoms with Gasteiger partial charge in [0.05, 0.1) is 17.9 Å². The molecule has 0 unspecified atom stereocenters. The van der Waals surface area contributed by atoms with E-state index in [0.717, 1.165) is 10.7 Å². The lowest BCUT2D eigenvalue weighted by Gasteiger charge is -2.00. The van der Waals surface area contributed by atoms with Crippen molar-refractivity contribution in [1.82, 2.24) is 30.5 Å². The highest BCUT2D eigenvalue weighted by Gasteiger charge is 2.16. The van der Waals surface area contributed by atoms with Crippen molar-refractivity contribution in [2.24, 2.45) is 0 Å². The number of amides is 1. The van der Waals surface area contributed by atoms with Gasteiger partial charge in [-0.15, -0.1) is 11.3 Å². The van der Waals surface area contributed by atoms with Crippen LogP contribution < -0.4 is 5.32 Å². The van der Waals surface area contributed by atoms with Gasteiger partial charge in [0.25, 0.3) is 5.91 Å². The molecule has 106 valence electrons. The summed E-state index contributed by atoms with van der Waals surface area (Å²) in [6, 6.07) is 5.60. The fourth-order valence-corrected chi connectivity index (χ4v) is 2.73. The molecule has 0 aliphatic rings. The molecular weight excluding hydrogens is 288 g/mol. The largest absolute Gasteiger partial charge is 0.344 e. The minimum absolute atomic E-state index is 0.177. The number of aromatic amines is 1. The second kappa shape index (κ2) is 5.80. The number of hydrogen-bond acceptors (Lipinski definition) is 6. The predicted octanol–water partition coefficient (Wildman–Crippen LogP) is 1.56. The molecule has 21 heavy (non-hydrogen) atoms. The van der Waals surface area contributed by atoms with Crippen molar-refractivity contribution in [3.05, 3.63) is 47.1 Å². The summed E-state index contributed by atoms with van der Waals surface area (Å²) in [6.07, 6.45) is 3.11. The van der Waals surface area contributed by atoms with E-state index in [0.29, 0.717) is 22.9 Å². The Morgan fingerprint density at radius 2 is 2.29 bits per heavy atom. The third-order valence-electron chi connectivity index (χ3n) is 2.77. The topological polar surface area (TPSA) is 96.5 Å². The summed E-state index contributed by atoms with van der Waals surface area (Å²) in [6.45, 7) is 2.11. The van der Waals surface area contributed by atoms with Gasteiger partial charge in [0.15, 0.2) is 0 Å². The minimum atomic E-state index is -0.177. The molecule has 8 heteroatoms. The molecule has 3 rings (SSSR count). The summed E-state index contributed by atoms with van der Waals surface area (Å²) in [5.74, 6) is 0.430. The average Bonchev–Trinajstić information content (AvgIpc) is 3.15. The molecule has 0 aromatic carbocycles. The second-order valence-electron chi connectivity index (χ2n) is 4.26. The molecular formula is C13H12N6OS. The van der Waals surface area contributed by atoms with Gasteiger partial charge in [0.2, 0.25) is 0 Å². The van der Waals surface area contributed by atoms with Crippen molar-refractivity contribution >= 4 is 17.2 Å². The van der Waals surface area contributed by atoms with Crippen LogP contribution in [0.15, 0.2) is 30.7 Å². The van der Waals surface area contributed by atoms with Crippen LogP contribution in [0, 0.1) is 6.92 Å². The van der Waals surface area contributed by atoms with Crippen molar-refractivity contribution < 1.29 is 4.79 Å². The quantitative estimate of drug-likeness (QED) is 0.762. The van der Waals surface area contributed by atoms with Crippen LogP contribution in [0.4, 0.5) is 0 Å². The lowest BCUT2D eigenvalue weighted by Crippen LogP contribution is -2.23. The van der Waals surface area contributed by atoms with Crippen molar-refractivity contribution in [2.45, 2.75) is 13.5 Å². The third-order valence-corrected chi connectivity index (χ3v) is 3.95. The summed E-state index contributed by atoms with van der Waals surface area (Å²) in [5, 5.41) is 9.94. The minimum Gasteiger partial charge on any atom is -0.344 e. The SMILES string of the molecule is Cc1nc(-c2ccccn2)sc1C(=O)NCc1ncn[nH]1. The number of rotatable bonds is 4. The van der Waals surface area contributed by atoms with Crippen molar-refractivity contribution in [3.8, 4) is 10.7 Å². The van der Waals surface area contributed by atoms with Crippen molar-refractivity contribution in [2.75, 3.05) is 0 Å². The fraction of sp³-hybridized carbons (Fsp3) is 0.154. The van der Waals surface area contributed by atoms with E-state index in [9.17, 15) is 4.79 Å².